The molecule has 1 aromatic heterocycles. The lowest BCUT2D eigenvalue weighted by Gasteiger charge is -2.22. The van der Waals surface area contributed by atoms with Crippen molar-refractivity contribution in [2.24, 2.45) is 5.10 Å². The maximum Gasteiger partial charge on any atom is 0.177 e. The first kappa shape index (κ1) is 14.0. The van der Waals surface area contributed by atoms with Gasteiger partial charge in [0.1, 0.15) is 5.03 Å². The summed E-state index contributed by atoms with van der Waals surface area (Å²) < 4.78 is 1.83. The fourth-order valence-electron chi connectivity index (χ4n) is 2.28. The van der Waals surface area contributed by atoms with Crippen molar-refractivity contribution in [2.45, 2.75) is 31.8 Å². The van der Waals surface area contributed by atoms with E-state index in [0.29, 0.717) is 0 Å². The van der Waals surface area contributed by atoms with Gasteiger partial charge in [0.05, 0.1) is 17.4 Å². The van der Waals surface area contributed by atoms with Gasteiger partial charge in [-0.1, -0.05) is 18.2 Å². The van der Waals surface area contributed by atoms with Gasteiger partial charge in [0, 0.05) is 6.04 Å². The molecule has 1 aliphatic rings. The van der Waals surface area contributed by atoms with E-state index < -0.39 is 0 Å². The number of hydrogen-bond acceptors (Lipinski definition) is 6. The lowest BCUT2D eigenvalue weighted by atomic mass is 10.2. The second-order valence-electron chi connectivity index (χ2n) is 5.20. The predicted molar refractivity (Wildman–Crippen MR) is 85.3 cm³/mol. The predicted octanol–water partition coefficient (Wildman–Crippen LogP) is 1.86. The lowest BCUT2D eigenvalue weighted by Crippen LogP contribution is -2.45. The van der Waals surface area contributed by atoms with E-state index in [1.807, 2.05) is 27.9 Å². The molecule has 0 fully saturated rings. The summed E-state index contributed by atoms with van der Waals surface area (Å²) in [6, 6.07) is 8.34. The van der Waals surface area contributed by atoms with Crippen molar-refractivity contribution >= 4 is 18.5 Å². The largest absolute Gasteiger partial charge is 0.268 e. The Morgan fingerprint density at radius 1 is 1.24 bits per heavy atom. The number of nitrogens with zero attached hydrogens (tertiary/aromatic N) is 4. The number of nitrogens with one attached hydrogen (secondary N) is 2. The Hall–Kier alpha value is -1.99. The van der Waals surface area contributed by atoms with Gasteiger partial charge in [0.15, 0.2) is 5.84 Å². The van der Waals surface area contributed by atoms with Crippen molar-refractivity contribution in [1.29, 1.82) is 0 Å². The normalized spacial score (nSPS) is 14.5. The molecule has 1 aromatic carbocycles. The molecule has 0 saturated heterocycles. The third-order valence-corrected chi connectivity index (χ3v) is 3.84. The van der Waals surface area contributed by atoms with Crippen LogP contribution in [0.25, 0.3) is 5.69 Å². The van der Waals surface area contributed by atoms with Crippen molar-refractivity contribution in [3.05, 3.63) is 41.6 Å². The Balaban J connectivity index is 2.03. The van der Waals surface area contributed by atoms with Gasteiger partial charge in [0.2, 0.25) is 0 Å². The summed E-state index contributed by atoms with van der Waals surface area (Å²) in [5, 5.41) is 11.4. The van der Waals surface area contributed by atoms with Crippen LogP contribution in [0.4, 0.5) is 0 Å². The molecule has 0 bridgehead atoms. The number of amidine groups is 1. The number of thiol groups is 1. The summed E-state index contributed by atoms with van der Waals surface area (Å²) in [6.07, 6.45) is 1.79. The highest BCUT2D eigenvalue weighted by molar-refractivity contribution is 7.80. The summed E-state index contributed by atoms with van der Waals surface area (Å²) in [6.45, 7) is 6.22. The van der Waals surface area contributed by atoms with Crippen LogP contribution in [-0.2, 0) is 0 Å². The molecular formula is C14H18N6S. The standard InChI is InChI=1S/C14H18N6S/c1-9(2)19-13(16-17-18-19)11-8-15-20(14(11)21)12-7-5-4-6-10(12)3/h4-9,17-18,21H,1-3H3. The number of hydrogen-bond donors (Lipinski definition) is 3. The highest BCUT2D eigenvalue weighted by Gasteiger charge is 2.25. The van der Waals surface area contributed by atoms with Gasteiger partial charge in [-0.2, -0.15) is 5.10 Å². The molecule has 0 radical (unpaired) electrons. The molecule has 3 rings (SSSR count). The van der Waals surface area contributed by atoms with E-state index in [1.54, 1.807) is 6.20 Å². The number of aryl methyl sites for hydroxylation is 1. The molecule has 0 amide bonds. The number of aromatic nitrogens is 2. The fourth-order valence-corrected chi connectivity index (χ4v) is 2.60. The second kappa shape index (κ2) is 5.42. The fraction of sp³-hybridized carbons (Fsp3) is 0.286. The van der Waals surface area contributed by atoms with Crippen molar-refractivity contribution < 1.29 is 0 Å². The van der Waals surface area contributed by atoms with Crippen LogP contribution in [0.1, 0.15) is 25.0 Å². The van der Waals surface area contributed by atoms with Crippen LogP contribution >= 0.6 is 12.6 Å². The molecule has 110 valence electrons. The molecule has 1 aliphatic heterocycles. The van der Waals surface area contributed by atoms with Gasteiger partial charge in [-0.05, 0) is 32.4 Å². The zero-order valence-electron chi connectivity index (χ0n) is 12.2. The molecule has 2 N–H and O–H groups in total. The molecule has 21 heavy (non-hydrogen) atoms. The second-order valence-corrected chi connectivity index (χ2v) is 5.63. The highest BCUT2D eigenvalue weighted by atomic mass is 32.1. The van der Waals surface area contributed by atoms with Gasteiger partial charge in [-0.3, -0.25) is 5.01 Å². The highest BCUT2D eigenvalue weighted by Crippen LogP contribution is 2.23. The van der Waals surface area contributed by atoms with Crippen molar-refractivity contribution in [2.75, 3.05) is 0 Å². The van der Waals surface area contributed by atoms with Crippen LogP contribution in [-0.4, -0.2) is 26.7 Å². The lowest BCUT2D eigenvalue weighted by molar-refractivity contribution is 0.246. The van der Waals surface area contributed by atoms with Crippen molar-refractivity contribution in [3.8, 4) is 5.69 Å². The Labute approximate surface area is 129 Å². The quantitative estimate of drug-likeness (QED) is 0.758. The number of hydrazone groups is 1. The monoisotopic (exact) mass is 302 g/mol. The maximum absolute atomic E-state index is 4.64. The minimum absolute atomic E-state index is 0.258. The minimum atomic E-state index is 0.258. The zero-order chi connectivity index (χ0) is 15.0. The molecule has 0 atom stereocenters. The first-order valence-corrected chi connectivity index (χ1v) is 7.25. The first-order valence-electron chi connectivity index (χ1n) is 6.80. The van der Waals surface area contributed by atoms with E-state index >= 15 is 0 Å². The third kappa shape index (κ3) is 2.38. The van der Waals surface area contributed by atoms with Crippen LogP contribution in [0.15, 0.2) is 40.6 Å². The van der Waals surface area contributed by atoms with E-state index in [4.69, 9.17) is 0 Å². The smallest absolute Gasteiger partial charge is 0.177 e. The first-order chi connectivity index (χ1) is 10.1. The van der Waals surface area contributed by atoms with Crippen molar-refractivity contribution in [3.63, 3.8) is 0 Å². The molecular weight excluding hydrogens is 284 g/mol. The molecule has 2 heterocycles. The van der Waals surface area contributed by atoms with Crippen LogP contribution in [0.3, 0.4) is 0 Å². The van der Waals surface area contributed by atoms with Gasteiger partial charge >= 0.3 is 0 Å². The van der Waals surface area contributed by atoms with Crippen LogP contribution in [0.5, 0.6) is 0 Å². The van der Waals surface area contributed by atoms with E-state index in [0.717, 1.165) is 27.7 Å². The minimum Gasteiger partial charge on any atom is -0.268 e. The van der Waals surface area contributed by atoms with E-state index in [9.17, 15) is 0 Å². The molecule has 7 heteroatoms. The molecule has 0 spiro atoms. The summed E-state index contributed by atoms with van der Waals surface area (Å²) in [7, 11) is 0. The molecule has 6 nitrogen and oxygen atoms in total. The maximum atomic E-state index is 4.64. The summed E-state index contributed by atoms with van der Waals surface area (Å²) in [4.78, 5) is 0. The molecule has 0 unspecified atom stereocenters. The number of rotatable bonds is 3. The van der Waals surface area contributed by atoms with Gasteiger partial charge < -0.3 is 0 Å². The average molecular weight is 302 g/mol. The van der Waals surface area contributed by atoms with Gasteiger partial charge in [0.25, 0.3) is 0 Å². The van der Waals surface area contributed by atoms with Gasteiger partial charge in [-0.15, -0.1) is 23.3 Å². The molecule has 0 aliphatic carbocycles. The Kier molecular flexibility index (Phi) is 3.60. The third-order valence-electron chi connectivity index (χ3n) is 3.41. The average Bonchev–Trinajstić information content (AvgIpc) is 3.06. The van der Waals surface area contributed by atoms with Gasteiger partial charge in [-0.25, -0.2) is 10.2 Å². The Morgan fingerprint density at radius 3 is 2.71 bits per heavy atom. The molecule has 2 aromatic rings. The topological polar surface area (TPSA) is 57.5 Å². The summed E-state index contributed by atoms with van der Waals surface area (Å²) in [5.41, 5.74) is 8.83. The van der Waals surface area contributed by atoms with Crippen molar-refractivity contribution in [1.82, 2.24) is 25.9 Å². The zero-order valence-corrected chi connectivity index (χ0v) is 13.1. The number of hydrazine groups is 2. The van der Waals surface area contributed by atoms with Crippen LogP contribution < -0.4 is 11.1 Å². The number of benzene rings is 1. The Bertz CT molecular complexity index is 691. The SMILES string of the molecule is Cc1ccccc1-n1ncc(C2=NNNN2C(C)C)c1S. The van der Waals surface area contributed by atoms with E-state index in [-0.39, 0.29) is 6.04 Å². The summed E-state index contributed by atoms with van der Waals surface area (Å²) >= 11 is 4.64. The molecule has 0 saturated carbocycles. The summed E-state index contributed by atoms with van der Waals surface area (Å²) in [5.74, 6) is 0.787. The van der Waals surface area contributed by atoms with Crippen LogP contribution in [0, 0.1) is 6.92 Å². The van der Waals surface area contributed by atoms with E-state index in [2.05, 4.69) is 60.7 Å². The van der Waals surface area contributed by atoms with E-state index in [1.165, 1.54) is 0 Å². The van der Waals surface area contributed by atoms with Crippen LogP contribution in [0.2, 0.25) is 0 Å². The Morgan fingerprint density at radius 2 is 2.00 bits per heavy atom. The number of para-hydroxylation sites is 1.